The Labute approximate surface area is 207 Å². The number of rotatable bonds is 14. The fraction of sp³-hybridized carbons (Fsp3) is 0.464. The largest absolute Gasteiger partial charge is 0.435 e. The fourth-order valence-electron chi connectivity index (χ4n) is 4.18. The molecule has 0 aliphatic heterocycles. The third-order valence-corrected chi connectivity index (χ3v) is 6.22. The van der Waals surface area contributed by atoms with Crippen LogP contribution < -0.4 is 4.74 Å². The van der Waals surface area contributed by atoms with Gasteiger partial charge in [-0.15, -0.1) is 0 Å². The molecule has 1 heterocycles. The van der Waals surface area contributed by atoms with Gasteiger partial charge in [-0.3, -0.25) is 4.90 Å². The number of aliphatic hydroxyl groups is 1. The third-order valence-electron chi connectivity index (χ3n) is 6.22. The number of hydrogen-bond donors (Lipinski definition) is 1. The fourth-order valence-corrected chi connectivity index (χ4v) is 4.18. The maximum Gasteiger partial charge on any atom is 0.227 e. The van der Waals surface area contributed by atoms with Crippen molar-refractivity contribution in [2.45, 2.75) is 64.6 Å². The van der Waals surface area contributed by atoms with Crippen LogP contribution in [0.2, 0.25) is 0 Å². The summed E-state index contributed by atoms with van der Waals surface area (Å²) in [6.45, 7) is 6.25. The lowest BCUT2D eigenvalue weighted by atomic mass is 10.1. The van der Waals surface area contributed by atoms with E-state index in [0.717, 1.165) is 42.6 Å². The quantitative estimate of drug-likeness (QED) is 0.308. The summed E-state index contributed by atoms with van der Waals surface area (Å²) in [5.74, 6) is 0.254. The highest BCUT2D eigenvalue weighted by Crippen LogP contribution is 2.36. The van der Waals surface area contributed by atoms with Crippen LogP contribution in [0.4, 0.5) is 4.39 Å². The first-order valence-corrected chi connectivity index (χ1v) is 12.7. The molecule has 4 rings (SSSR count). The lowest BCUT2D eigenvalue weighted by Crippen LogP contribution is -2.36. The van der Waals surface area contributed by atoms with Gasteiger partial charge in [-0.25, -0.2) is 9.07 Å². The molecule has 7 heteroatoms. The van der Waals surface area contributed by atoms with Crippen LogP contribution in [0.1, 0.15) is 50.8 Å². The normalized spacial score (nSPS) is 14.4. The van der Waals surface area contributed by atoms with Crippen molar-refractivity contribution in [3.05, 3.63) is 71.7 Å². The summed E-state index contributed by atoms with van der Waals surface area (Å²) in [7, 11) is 0. The molecule has 0 bridgehead atoms. The second-order valence-electron chi connectivity index (χ2n) is 9.11. The maximum atomic E-state index is 14.6. The number of aliphatic hydroxyl groups excluding tert-OH is 1. The molecular formula is C28H36FN3O3. The molecule has 0 saturated heterocycles. The van der Waals surface area contributed by atoms with Crippen molar-refractivity contribution >= 4 is 0 Å². The molecule has 1 saturated carbocycles. The number of hydrogen-bond acceptors (Lipinski definition) is 5. The van der Waals surface area contributed by atoms with E-state index in [1.807, 2.05) is 30.3 Å². The lowest BCUT2D eigenvalue weighted by molar-refractivity contribution is 0.0126. The number of aryl methyl sites for hydroxylation is 1. The van der Waals surface area contributed by atoms with E-state index < -0.39 is 11.9 Å². The molecule has 3 aromatic rings. The molecule has 1 aliphatic carbocycles. The SMILES string of the molecule is CCCCOCC(O)CN(Cc1c(CC)nn(-c2ccccc2)c1Oc1ccccc1F)C1CC1. The Kier molecular flexibility index (Phi) is 8.90. The number of nitrogens with zero attached hydrogens (tertiary/aromatic N) is 3. The third kappa shape index (κ3) is 6.69. The number of unbranched alkanes of at least 4 members (excludes halogenated alkanes) is 1. The summed E-state index contributed by atoms with van der Waals surface area (Å²) in [5.41, 5.74) is 2.67. The summed E-state index contributed by atoms with van der Waals surface area (Å²) in [4.78, 5) is 2.29. The first kappa shape index (κ1) is 25.4. The van der Waals surface area contributed by atoms with Crippen LogP contribution in [-0.4, -0.2) is 51.7 Å². The zero-order valence-electron chi connectivity index (χ0n) is 20.7. The first-order valence-electron chi connectivity index (χ1n) is 12.7. The minimum Gasteiger partial charge on any atom is -0.435 e. The van der Waals surface area contributed by atoms with Gasteiger partial charge in [0.15, 0.2) is 11.6 Å². The standard InChI is InChI=1S/C28H36FN3O3/c1-3-5-17-34-20-23(33)18-31(21-15-16-21)19-24-26(4-2)30-32(22-11-7-6-8-12-22)28(24)35-27-14-10-9-13-25(27)29/h6-14,21,23,33H,3-5,15-20H2,1-2H3. The Morgan fingerprint density at radius 3 is 2.54 bits per heavy atom. The molecule has 0 radical (unpaired) electrons. The van der Waals surface area contributed by atoms with Crippen molar-refractivity contribution in [1.29, 1.82) is 0 Å². The van der Waals surface area contributed by atoms with Crippen molar-refractivity contribution in [3.8, 4) is 17.3 Å². The van der Waals surface area contributed by atoms with E-state index >= 15 is 0 Å². The average molecular weight is 482 g/mol. The van der Waals surface area contributed by atoms with Crippen molar-refractivity contribution < 1.29 is 19.0 Å². The molecular weight excluding hydrogens is 445 g/mol. The van der Waals surface area contributed by atoms with Crippen molar-refractivity contribution in [2.75, 3.05) is 19.8 Å². The molecule has 35 heavy (non-hydrogen) atoms. The number of benzene rings is 2. The van der Waals surface area contributed by atoms with Crippen LogP contribution in [0.5, 0.6) is 11.6 Å². The summed E-state index contributed by atoms with van der Waals surface area (Å²) in [6, 6.07) is 16.6. The van der Waals surface area contributed by atoms with Crippen LogP contribution in [0.3, 0.4) is 0 Å². The van der Waals surface area contributed by atoms with Gasteiger partial charge in [0.05, 0.1) is 29.7 Å². The molecule has 0 spiro atoms. The molecule has 188 valence electrons. The monoisotopic (exact) mass is 481 g/mol. The smallest absolute Gasteiger partial charge is 0.227 e. The van der Waals surface area contributed by atoms with E-state index in [9.17, 15) is 9.50 Å². The van der Waals surface area contributed by atoms with Gasteiger partial charge in [-0.2, -0.15) is 5.10 Å². The van der Waals surface area contributed by atoms with Crippen LogP contribution in [0.25, 0.3) is 5.69 Å². The Bertz CT molecular complexity index is 1070. The number of halogens is 1. The molecule has 1 aliphatic rings. The minimum absolute atomic E-state index is 0.163. The Balaban J connectivity index is 1.63. The Morgan fingerprint density at radius 2 is 1.86 bits per heavy atom. The van der Waals surface area contributed by atoms with Gasteiger partial charge in [-0.1, -0.05) is 50.6 Å². The van der Waals surface area contributed by atoms with Gasteiger partial charge >= 0.3 is 0 Å². The molecule has 6 nitrogen and oxygen atoms in total. The summed E-state index contributed by atoms with van der Waals surface area (Å²) in [6.07, 6.45) is 4.40. The second kappa shape index (κ2) is 12.3. The molecule has 1 unspecified atom stereocenters. The number of aromatic nitrogens is 2. The van der Waals surface area contributed by atoms with E-state index in [0.29, 0.717) is 44.6 Å². The van der Waals surface area contributed by atoms with Crippen molar-refractivity contribution in [1.82, 2.24) is 14.7 Å². The molecule has 1 aromatic heterocycles. The highest BCUT2D eigenvalue weighted by molar-refractivity contribution is 5.44. The maximum absolute atomic E-state index is 14.6. The van der Waals surface area contributed by atoms with Gasteiger partial charge in [-0.05, 0) is 49.9 Å². The summed E-state index contributed by atoms with van der Waals surface area (Å²) in [5, 5.41) is 15.5. The van der Waals surface area contributed by atoms with Gasteiger partial charge in [0.1, 0.15) is 0 Å². The second-order valence-corrected chi connectivity index (χ2v) is 9.11. The number of para-hydroxylation sites is 2. The topological polar surface area (TPSA) is 59.8 Å². The van der Waals surface area contributed by atoms with Crippen LogP contribution in [-0.2, 0) is 17.7 Å². The zero-order chi connectivity index (χ0) is 24.6. The zero-order valence-corrected chi connectivity index (χ0v) is 20.7. The van der Waals surface area contributed by atoms with Crippen LogP contribution in [0, 0.1) is 5.82 Å². The van der Waals surface area contributed by atoms with E-state index in [1.165, 1.54) is 6.07 Å². The first-order chi connectivity index (χ1) is 17.1. The molecule has 2 aromatic carbocycles. The van der Waals surface area contributed by atoms with Gasteiger partial charge in [0.2, 0.25) is 5.88 Å². The predicted molar refractivity (Wildman–Crippen MR) is 135 cm³/mol. The van der Waals surface area contributed by atoms with Crippen LogP contribution >= 0.6 is 0 Å². The van der Waals surface area contributed by atoms with Crippen LogP contribution in [0.15, 0.2) is 54.6 Å². The average Bonchev–Trinajstić information content (AvgIpc) is 3.67. The van der Waals surface area contributed by atoms with E-state index in [-0.39, 0.29) is 5.75 Å². The minimum atomic E-state index is -0.572. The van der Waals surface area contributed by atoms with Crippen molar-refractivity contribution in [3.63, 3.8) is 0 Å². The van der Waals surface area contributed by atoms with Gasteiger partial charge in [0, 0.05) is 25.7 Å². The van der Waals surface area contributed by atoms with Gasteiger partial charge in [0.25, 0.3) is 0 Å². The molecule has 0 amide bonds. The lowest BCUT2D eigenvalue weighted by Gasteiger charge is -2.25. The highest BCUT2D eigenvalue weighted by Gasteiger charge is 2.33. The molecule has 1 atom stereocenters. The van der Waals surface area contributed by atoms with Gasteiger partial charge < -0.3 is 14.6 Å². The Morgan fingerprint density at radius 1 is 1.11 bits per heavy atom. The molecule has 1 fully saturated rings. The highest BCUT2D eigenvalue weighted by atomic mass is 19.1. The predicted octanol–water partition coefficient (Wildman–Crippen LogP) is 5.51. The van der Waals surface area contributed by atoms with E-state index in [4.69, 9.17) is 14.6 Å². The number of ether oxygens (including phenoxy) is 2. The summed E-state index contributed by atoms with van der Waals surface area (Å²) < 4.78 is 28.2. The van der Waals surface area contributed by atoms with E-state index in [2.05, 4.69) is 18.7 Å². The van der Waals surface area contributed by atoms with E-state index in [1.54, 1.807) is 22.9 Å². The Hall–Kier alpha value is -2.74. The molecule has 1 N–H and O–H groups in total. The summed E-state index contributed by atoms with van der Waals surface area (Å²) >= 11 is 0. The van der Waals surface area contributed by atoms with Crippen molar-refractivity contribution in [2.24, 2.45) is 0 Å².